The van der Waals surface area contributed by atoms with Crippen LogP contribution in [0.3, 0.4) is 0 Å². The fourth-order valence-electron chi connectivity index (χ4n) is 3.36. The number of pyridine rings is 1. The van der Waals surface area contributed by atoms with Crippen LogP contribution < -0.4 is 15.0 Å². The zero-order valence-electron chi connectivity index (χ0n) is 16.2. The van der Waals surface area contributed by atoms with E-state index in [4.69, 9.17) is 4.74 Å². The normalized spacial score (nSPS) is 13.8. The number of para-hydroxylation sites is 3. The summed E-state index contributed by atoms with van der Waals surface area (Å²) in [6.45, 7) is 3.34. The Kier molecular flexibility index (Phi) is 5.90. The summed E-state index contributed by atoms with van der Waals surface area (Å²) in [6, 6.07) is 21.6. The van der Waals surface area contributed by atoms with Crippen LogP contribution in [0.2, 0.25) is 0 Å². The molecular weight excluding hydrogens is 364 g/mol. The maximum Gasteiger partial charge on any atom is 0.317 e. The Labute approximate surface area is 170 Å². The molecule has 3 aromatic rings. The van der Waals surface area contributed by atoms with Crippen molar-refractivity contribution in [1.82, 2.24) is 15.2 Å². The van der Waals surface area contributed by atoms with Gasteiger partial charge in [0.1, 0.15) is 5.75 Å². The van der Waals surface area contributed by atoms with E-state index in [1.165, 1.54) is 0 Å². The Balaban J connectivity index is 1.34. The molecule has 4 rings (SSSR count). The van der Waals surface area contributed by atoms with Crippen molar-refractivity contribution >= 4 is 11.7 Å². The number of benzene rings is 2. The summed E-state index contributed by atoms with van der Waals surface area (Å²) in [4.78, 5) is 20.7. The molecule has 0 spiro atoms. The number of aromatic nitrogens is 1. The van der Waals surface area contributed by atoms with Gasteiger partial charge in [-0.2, -0.15) is 0 Å². The van der Waals surface area contributed by atoms with Gasteiger partial charge in [0.25, 0.3) is 0 Å². The van der Waals surface area contributed by atoms with Crippen LogP contribution in [-0.2, 0) is 6.54 Å². The number of nitrogens with zero attached hydrogens (tertiary/aromatic N) is 3. The Hall–Kier alpha value is -3.54. The molecule has 1 aliphatic rings. The Morgan fingerprint density at radius 3 is 2.45 bits per heavy atom. The highest BCUT2D eigenvalue weighted by molar-refractivity contribution is 5.74. The predicted octanol–water partition coefficient (Wildman–Crippen LogP) is 3.91. The smallest absolute Gasteiger partial charge is 0.317 e. The zero-order valence-corrected chi connectivity index (χ0v) is 16.2. The Morgan fingerprint density at radius 2 is 1.69 bits per heavy atom. The minimum Gasteiger partial charge on any atom is -0.455 e. The fraction of sp³-hybridized carbons (Fsp3) is 0.217. The third-order valence-corrected chi connectivity index (χ3v) is 4.91. The number of amides is 2. The van der Waals surface area contributed by atoms with E-state index in [0.29, 0.717) is 19.6 Å². The van der Waals surface area contributed by atoms with Crippen molar-refractivity contribution in [1.29, 1.82) is 0 Å². The van der Waals surface area contributed by atoms with Gasteiger partial charge in [-0.15, -0.1) is 0 Å². The van der Waals surface area contributed by atoms with Gasteiger partial charge in [-0.05, 0) is 35.9 Å². The Bertz CT molecular complexity index is 926. The lowest BCUT2D eigenvalue weighted by molar-refractivity contribution is 0.194. The molecule has 1 N–H and O–H groups in total. The van der Waals surface area contributed by atoms with Crippen LogP contribution in [0.5, 0.6) is 11.5 Å². The number of hydrogen-bond donors (Lipinski definition) is 1. The summed E-state index contributed by atoms with van der Waals surface area (Å²) in [6.07, 6.45) is 3.49. The summed E-state index contributed by atoms with van der Waals surface area (Å²) in [7, 11) is 0. The summed E-state index contributed by atoms with van der Waals surface area (Å²) in [5.74, 6) is 1.64. The second kappa shape index (κ2) is 9.10. The molecule has 1 saturated heterocycles. The van der Waals surface area contributed by atoms with E-state index in [2.05, 4.69) is 21.3 Å². The number of piperazine rings is 1. The lowest BCUT2D eigenvalue weighted by Gasteiger charge is -2.36. The summed E-state index contributed by atoms with van der Waals surface area (Å²) in [5, 5.41) is 2.97. The molecule has 1 aliphatic heterocycles. The van der Waals surface area contributed by atoms with Crippen LogP contribution in [0, 0.1) is 0 Å². The van der Waals surface area contributed by atoms with Gasteiger partial charge >= 0.3 is 6.03 Å². The molecule has 0 radical (unpaired) electrons. The van der Waals surface area contributed by atoms with Crippen molar-refractivity contribution in [2.24, 2.45) is 0 Å². The monoisotopic (exact) mass is 388 g/mol. The Morgan fingerprint density at radius 1 is 0.931 bits per heavy atom. The lowest BCUT2D eigenvalue weighted by Crippen LogP contribution is -2.51. The van der Waals surface area contributed by atoms with Crippen LogP contribution in [0.25, 0.3) is 0 Å². The third-order valence-electron chi connectivity index (χ3n) is 4.91. The summed E-state index contributed by atoms with van der Waals surface area (Å²) >= 11 is 0. The third kappa shape index (κ3) is 4.85. The first kappa shape index (κ1) is 18.8. The number of urea groups is 1. The minimum absolute atomic E-state index is 0.0395. The highest BCUT2D eigenvalue weighted by Crippen LogP contribution is 2.32. The van der Waals surface area contributed by atoms with Gasteiger partial charge in [-0.3, -0.25) is 4.98 Å². The van der Waals surface area contributed by atoms with Gasteiger partial charge in [0.05, 0.1) is 5.69 Å². The van der Waals surface area contributed by atoms with Crippen molar-refractivity contribution in [2.45, 2.75) is 6.54 Å². The van der Waals surface area contributed by atoms with Crippen LogP contribution in [-0.4, -0.2) is 42.1 Å². The van der Waals surface area contributed by atoms with Crippen molar-refractivity contribution in [3.63, 3.8) is 0 Å². The molecule has 148 valence electrons. The highest BCUT2D eigenvalue weighted by Gasteiger charge is 2.23. The average molecular weight is 388 g/mol. The molecule has 0 bridgehead atoms. The second-order valence-corrected chi connectivity index (χ2v) is 6.88. The van der Waals surface area contributed by atoms with Crippen molar-refractivity contribution in [3.8, 4) is 11.5 Å². The molecule has 0 unspecified atom stereocenters. The predicted molar refractivity (Wildman–Crippen MR) is 113 cm³/mol. The largest absolute Gasteiger partial charge is 0.455 e. The number of rotatable bonds is 5. The topological polar surface area (TPSA) is 57.7 Å². The van der Waals surface area contributed by atoms with Gasteiger partial charge in [0, 0.05) is 45.1 Å². The molecule has 2 heterocycles. The SMILES string of the molecule is O=C(NCc1cccnc1)N1CCN(c2ccccc2Oc2ccccc2)CC1. The molecule has 0 atom stereocenters. The van der Waals surface area contributed by atoms with Crippen LogP contribution in [0.15, 0.2) is 79.1 Å². The molecular formula is C23H24N4O2. The van der Waals surface area contributed by atoms with E-state index in [9.17, 15) is 4.79 Å². The molecule has 2 aromatic carbocycles. The van der Waals surface area contributed by atoms with Gasteiger partial charge in [-0.1, -0.05) is 36.4 Å². The van der Waals surface area contributed by atoms with Crippen molar-refractivity contribution in [2.75, 3.05) is 31.1 Å². The van der Waals surface area contributed by atoms with Crippen LogP contribution in [0.4, 0.5) is 10.5 Å². The van der Waals surface area contributed by atoms with Crippen molar-refractivity contribution < 1.29 is 9.53 Å². The maximum atomic E-state index is 12.5. The summed E-state index contributed by atoms with van der Waals surface area (Å²) < 4.78 is 6.08. The van der Waals surface area contributed by atoms with Crippen LogP contribution >= 0.6 is 0 Å². The molecule has 0 aliphatic carbocycles. The number of carbonyl (C=O) groups excluding carboxylic acids is 1. The first-order valence-corrected chi connectivity index (χ1v) is 9.78. The molecule has 6 heteroatoms. The lowest BCUT2D eigenvalue weighted by atomic mass is 10.2. The van der Waals surface area contributed by atoms with E-state index in [1.54, 1.807) is 12.4 Å². The summed E-state index contributed by atoms with van der Waals surface area (Å²) in [5.41, 5.74) is 2.04. The van der Waals surface area contributed by atoms with E-state index < -0.39 is 0 Å². The molecule has 6 nitrogen and oxygen atoms in total. The standard InChI is InChI=1S/C23H24N4O2/c28-23(25-18-19-7-6-12-24-17-19)27-15-13-26(14-16-27)21-10-4-5-11-22(21)29-20-8-2-1-3-9-20/h1-12,17H,13-16,18H2,(H,25,28). The number of anilines is 1. The number of nitrogens with one attached hydrogen (secondary N) is 1. The van der Waals surface area contributed by atoms with Gasteiger partial charge in [-0.25, -0.2) is 4.79 Å². The number of carbonyl (C=O) groups is 1. The van der Waals surface area contributed by atoms with E-state index in [-0.39, 0.29) is 6.03 Å². The van der Waals surface area contributed by atoms with Gasteiger partial charge in [0.15, 0.2) is 5.75 Å². The van der Waals surface area contributed by atoms with Gasteiger partial charge in [0.2, 0.25) is 0 Å². The first-order chi connectivity index (χ1) is 14.3. The molecule has 0 saturated carbocycles. The minimum atomic E-state index is -0.0395. The zero-order chi connectivity index (χ0) is 19.9. The molecule has 29 heavy (non-hydrogen) atoms. The van der Waals surface area contributed by atoms with E-state index >= 15 is 0 Å². The number of hydrogen-bond acceptors (Lipinski definition) is 4. The highest BCUT2D eigenvalue weighted by atomic mass is 16.5. The fourth-order valence-corrected chi connectivity index (χ4v) is 3.36. The molecule has 1 aromatic heterocycles. The first-order valence-electron chi connectivity index (χ1n) is 9.78. The van der Waals surface area contributed by atoms with E-state index in [0.717, 1.165) is 35.8 Å². The molecule has 1 fully saturated rings. The maximum absolute atomic E-state index is 12.5. The number of ether oxygens (including phenoxy) is 1. The van der Waals surface area contributed by atoms with E-state index in [1.807, 2.05) is 65.6 Å². The average Bonchev–Trinajstić information content (AvgIpc) is 2.79. The van der Waals surface area contributed by atoms with Crippen molar-refractivity contribution in [3.05, 3.63) is 84.7 Å². The second-order valence-electron chi connectivity index (χ2n) is 6.88. The quantitative estimate of drug-likeness (QED) is 0.720. The van der Waals surface area contributed by atoms with Crippen LogP contribution in [0.1, 0.15) is 5.56 Å². The molecule has 2 amide bonds. The van der Waals surface area contributed by atoms with Gasteiger partial charge < -0.3 is 19.9 Å².